The van der Waals surface area contributed by atoms with E-state index in [0.717, 1.165) is 12.1 Å². The van der Waals surface area contributed by atoms with Gasteiger partial charge in [-0.1, -0.05) is 0 Å². The van der Waals surface area contributed by atoms with Crippen LogP contribution >= 0.6 is 0 Å². The molecule has 0 saturated carbocycles. The second-order valence-corrected chi connectivity index (χ2v) is 7.66. The van der Waals surface area contributed by atoms with Crippen LogP contribution in [-0.4, -0.2) is 43.7 Å². The minimum Gasteiger partial charge on any atom is -0.423 e. The summed E-state index contributed by atoms with van der Waals surface area (Å²) in [6, 6.07) is 3.40. The zero-order chi connectivity index (χ0) is 23.3. The zero-order valence-corrected chi connectivity index (χ0v) is 17.2. The number of alkyl halides is 3. The molecule has 1 saturated heterocycles. The van der Waals surface area contributed by atoms with Crippen molar-refractivity contribution in [3.05, 3.63) is 53.7 Å². The molecular formula is C20H17F3N8O2. The number of carbonyl (C=O) groups excluding carboxylic acids is 1. The number of nitrogens with zero attached hydrogens (tertiary/aromatic N) is 6. The molecular weight excluding hydrogens is 441 g/mol. The van der Waals surface area contributed by atoms with Gasteiger partial charge < -0.3 is 20.4 Å². The standard InChI is InChI=1S/C20H17F3N8O2/c1-30-9-12(5-26-30)27-18-16(17(24)32)28-14(6-25-18)10-7-31(8-10)19-29-13-3-2-11(20(21,22)23)4-15(13)33-19/h2-6,9-10H,7-8H2,1H3,(H2,24,32)(H,25,27). The van der Waals surface area contributed by atoms with E-state index in [2.05, 4.69) is 25.4 Å². The summed E-state index contributed by atoms with van der Waals surface area (Å²) in [5, 5.41) is 7.01. The molecule has 3 N–H and O–H groups in total. The SMILES string of the molecule is Cn1cc(Nc2ncc(C3CN(c4nc5ccc(C(F)(F)F)cc5o4)C3)nc2C(N)=O)cn1. The number of nitrogens with one attached hydrogen (secondary N) is 1. The quantitative estimate of drug-likeness (QED) is 0.467. The molecule has 0 atom stereocenters. The van der Waals surface area contributed by atoms with Crippen LogP contribution < -0.4 is 16.0 Å². The molecule has 3 aromatic heterocycles. The van der Waals surface area contributed by atoms with Gasteiger partial charge in [-0.2, -0.15) is 23.3 Å². The predicted octanol–water partition coefficient (Wildman–Crippen LogP) is 2.82. The molecule has 1 aliphatic heterocycles. The molecule has 0 unspecified atom stereocenters. The molecule has 4 heterocycles. The molecule has 33 heavy (non-hydrogen) atoms. The number of hydrogen-bond acceptors (Lipinski definition) is 8. The molecule has 1 fully saturated rings. The van der Waals surface area contributed by atoms with Crippen molar-refractivity contribution in [3.8, 4) is 0 Å². The van der Waals surface area contributed by atoms with Gasteiger partial charge in [0.25, 0.3) is 11.9 Å². The lowest BCUT2D eigenvalue weighted by Gasteiger charge is -2.37. The average Bonchev–Trinajstić information content (AvgIpc) is 3.32. The van der Waals surface area contributed by atoms with Crippen LogP contribution in [0.4, 0.5) is 30.7 Å². The van der Waals surface area contributed by atoms with Crippen molar-refractivity contribution in [1.82, 2.24) is 24.7 Å². The summed E-state index contributed by atoms with van der Waals surface area (Å²) in [5.74, 6) is -0.593. The maximum atomic E-state index is 12.9. The Morgan fingerprint density at radius 2 is 2.03 bits per heavy atom. The Hall–Kier alpha value is -4.16. The number of amides is 1. The van der Waals surface area contributed by atoms with Gasteiger partial charge in [0.05, 0.1) is 29.3 Å². The second-order valence-electron chi connectivity index (χ2n) is 7.66. The molecule has 5 rings (SSSR count). The van der Waals surface area contributed by atoms with Crippen LogP contribution in [-0.2, 0) is 13.2 Å². The Morgan fingerprint density at radius 3 is 2.70 bits per heavy atom. The van der Waals surface area contributed by atoms with E-state index in [4.69, 9.17) is 10.2 Å². The third kappa shape index (κ3) is 3.92. The lowest BCUT2D eigenvalue weighted by atomic mass is 9.97. The fraction of sp³-hybridized carbons (Fsp3) is 0.250. The van der Waals surface area contributed by atoms with E-state index in [-0.39, 0.29) is 29.0 Å². The van der Waals surface area contributed by atoms with Crippen LogP contribution in [0.15, 0.2) is 41.2 Å². The van der Waals surface area contributed by atoms with Crippen LogP contribution in [0, 0.1) is 0 Å². The van der Waals surface area contributed by atoms with Gasteiger partial charge in [-0.15, -0.1) is 0 Å². The minimum atomic E-state index is -4.46. The van der Waals surface area contributed by atoms with Gasteiger partial charge in [-0.05, 0) is 18.2 Å². The summed E-state index contributed by atoms with van der Waals surface area (Å²) in [7, 11) is 1.75. The van der Waals surface area contributed by atoms with Crippen molar-refractivity contribution in [1.29, 1.82) is 0 Å². The maximum Gasteiger partial charge on any atom is 0.416 e. The van der Waals surface area contributed by atoms with Crippen LogP contribution in [0.2, 0.25) is 0 Å². The number of rotatable bonds is 5. The Morgan fingerprint density at radius 1 is 1.24 bits per heavy atom. The molecule has 1 aliphatic rings. The number of halogens is 3. The second kappa shape index (κ2) is 7.46. The number of oxazole rings is 1. The van der Waals surface area contributed by atoms with Crippen molar-refractivity contribution in [2.45, 2.75) is 12.1 Å². The number of carbonyl (C=O) groups is 1. The summed E-state index contributed by atoms with van der Waals surface area (Å²) in [5.41, 5.74) is 6.27. The van der Waals surface area contributed by atoms with Crippen molar-refractivity contribution in [3.63, 3.8) is 0 Å². The number of aryl methyl sites for hydroxylation is 1. The highest BCUT2D eigenvalue weighted by atomic mass is 19.4. The Labute approximate surface area is 184 Å². The molecule has 1 amide bonds. The van der Waals surface area contributed by atoms with Gasteiger partial charge in [-0.25, -0.2) is 9.97 Å². The summed E-state index contributed by atoms with van der Waals surface area (Å²) in [6.07, 6.45) is 0.372. The fourth-order valence-electron chi connectivity index (χ4n) is 3.53. The molecule has 1 aromatic carbocycles. The highest BCUT2D eigenvalue weighted by Gasteiger charge is 2.35. The lowest BCUT2D eigenvalue weighted by molar-refractivity contribution is -0.137. The highest BCUT2D eigenvalue weighted by molar-refractivity contribution is 5.96. The zero-order valence-electron chi connectivity index (χ0n) is 17.2. The van der Waals surface area contributed by atoms with Gasteiger partial charge in [0.15, 0.2) is 17.1 Å². The number of hydrogen-bond donors (Lipinski definition) is 2. The normalized spacial score (nSPS) is 14.5. The minimum absolute atomic E-state index is 0.00338. The number of aromatic nitrogens is 5. The van der Waals surface area contributed by atoms with Gasteiger partial charge in [0.2, 0.25) is 0 Å². The summed E-state index contributed by atoms with van der Waals surface area (Å²) >= 11 is 0. The smallest absolute Gasteiger partial charge is 0.416 e. The number of nitrogens with two attached hydrogens (primary N) is 1. The molecule has 0 spiro atoms. The van der Waals surface area contributed by atoms with Crippen molar-refractivity contribution >= 4 is 34.5 Å². The first-order valence-electron chi connectivity index (χ1n) is 9.82. The average molecular weight is 458 g/mol. The third-order valence-corrected chi connectivity index (χ3v) is 5.27. The van der Waals surface area contributed by atoms with Crippen LogP contribution in [0.5, 0.6) is 0 Å². The number of benzene rings is 1. The Kier molecular flexibility index (Phi) is 4.69. The molecule has 170 valence electrons. The third-order valence-electron chi connectivity index (χ3n) is 5.27. The largest absolute Gasteiger partial charge is 0.423 e. The van der Waals surface area contributed by atoms with Crippen LogP contribution in [0.1, 0.15) is 27.7 Å². The van der Waals surface area contributed by atoms with Crippen molar-refractivity contribution in [2.75, 3.05) is 23.3 Å². The fourth-order valence-corrected chi connectivity index (χ4v) is 3.53. The molecule has 13 heteroatoms. The first kappa shape index (κ1) is 20.7. The van der Waals surface area contributed by atoms with Crippen LogP contribution in [0.3, 0.4) is 0 Å². The Balaban J connectivity index is 1.32. The monoisotopic (exact) mass is 458 g/mol. The molecule has 0 radical (unpaired) electrons. The summed E-state index contributed by atoms with van der Waals surface area (Å²) in [6.45, 7) is 0.891. The number of fused-ring (bicyclic) bond motifs is 1. The van der Waals surface area contributed by atoms with E-state index < -0.39 is 17.6 Å². The molecule has 4 aromatic rings. The maximum absolute atomic E-state index is 12.9. The van der Waals surface area contributed by atoms with E-state index >= 15 is 0 Å². The van der Waals surface area contributed by atoms with E-state index in [1.807, 2.05) is 0 Å². The van der Waals surface area contributed by atoms with Gasteiger partial charge in [0.1, 0.15) is 5.52 Å². The van der Waals surface area contributed by atoms with Gasteiger partial charge in [-0.3, -0.25) is 9.48 Å². The first-order chi connectivity index (χ1) is 15.7. The number of primary amides is 1. The van der Waals surface area contributed by atoms with E-state index in [0.29, 0.717) is 30.0 Å². The molecule has 10 nitrogen and oxygen atoms in total. The van der Waals surface area contributed by atoms with E-state index in [1.54, 1.807) is 35.2 Å². The van der Waals surface area contributed by atoms with Crippen molar-refractivity contribution < 1.29 is 22.4 Å². The lowest BCUT2D eigenvalue weighted by Crippen LogP contribution is -2.45. The molecule has 0 aliphatic carbocycles. The van der Waals surface area contributed by atoms with E-state index in [1.165, 1.54) is 6.07 Å². The van der Waals surface area contributed by atoms with Gasteiger partial charge >= 0.3 is 6.18 Å². The Bertz CT molecular complexity index is 1360. The predicted molar refractivity (Wildman–Crippen MR) is 111 cm³/mol. The summed E-state index contributed by atoms with van der Waals surface area (Å²) < 4.78 is 45.9. The highest BCUT2D eigenvalue weighted by Crippen LogP contribution is 2.35. The van der Waals surface area contributed by atoms with E-state index in [9.17, 15) is 18.0 Å². The van der Waals surface area contributed by atoms with Crippen molar-refractivity contribution in [2.24, 2.45) is 12.8 Å². The topological polar surface area (TPSA) is 128 Å². The molecule has 0 bridgehead atoms. The summed E-state index contributed by atoms with van der Waals surface area (Å²) in [4.78, 5) is 26.6. The number of anilines is 3. The van der Waals surface area contributed by atoms with Gasteiger partial charge in [0, 0.05) is 32.3 Å². The van der Waals surface area contributed by atoms with Crippen LogP contribution in [0.25, 0.3) is 11.1 Å². The first-order valence-corrected chi connectivity index (χ1v) is 9.82.